The van der Waals surface area contributed by atoms with Crippen molar-refractivity contribution in [1.29, 1.82) is 0 Å². The molecule has 0 spiro atoms. The first-order valence-corrected chi connectivity index (χ1v) is 6.04. The molecule has 4 heteroatoms. The van der Waals surface area contributed by atoms with Crippen molar-refractivity contribution in [2.24, 2.45) is 0 Å². The number of aromatic nitrogens is 2. The zero-order chi connectivity index (χ0) is 12.1. The fourth-order valence-corrected chi connectivity index (χ4v) is 2.05. The molecule has 1 aromatic heterocycles. The second-order valence-corrected chi connectivity index (χ2v) is 4.35. The smallest absolute Gasteiger partial charge is 0.253 e. The number of rotatable bonds is 3. The third-order valence-corrected chi connectivity index (χ3v) is 3.08. The van der Waals surface area contributed by atoms with E-state index in [4.69, 9.17) is 0 Å². The molecule has 0 saturated carbocycles. The minimum Gasteiger partial charge on any atom is -0.346 e. The van der Waals surface area contributed by atoms with Gasteiger partial charge in [0.05, 0.1) is 18.0 Å². The summed E-state index contributed by atoms with van der Waals surface area (Å²) in [6, 6.07) is 1.78. The van der Waals surface area contributed by atoms with Crippen LogP contribution in [0.1, 0.15) is 43.0 Å². The van der Waals surface area contributed by atoms with E-state index in [-0.39, 0.29) is 11.9 Å². The number of hydrogen-bond donors (Lipinski definition) is 1. The van der Waals surface area contributed by atoms with Crippen molar-refractivity contribution in [3.8, 4) is 0 Å². The second-order valence-electron chi connectivity index (χ2n) is 4.35. The van der Waals surface area contributed by atoms with Gasteiger partial charge in [-0.3, -0.25) is 4.79 Å². The Hall–Kier alpha value is -1.71. The van der Waals surface area contributed by atoms with Gasteiger partial charge in [0.25, 0.3) is 5.91 Å². The summed E-state index contributed by atoms with van der Waals surface area (Å²) in [6.45, 7) is 2.03. The Bertz CT molecular complexity index is 414. The molecule has 0 unspecified atom stereocenters. The van der Waals surface area contributed by atoms with E-state index >= 15 is 0 Å². The predicted molar refractivity (Wildman–Crippen MR) is 65.5 cm³/mol. The van der Waals surface area contributed by atoms with Crippen molar-refractivity contribution in [3.05, 3.63) is 35.7 Å². The molecule has 0 aromatic carbocycles. The van der Waals surface area contributed by atoms with Gasteiger partial charge in [-0.05, 0) is 38.7 Å². The monoisotopic (exact) mass is 231 g/mol. The first kappa shape index (κ1) is 11.8. The lowest BCUT2D eigenvalue weighted by Crippen LogP contribution is -2.34. The molecule has 1 aliphatic carbocycles. The Morgan fingerprint density at radius 2 is 2.29 bits per heavy atom. The van der Waals surface area contributed by atoms with Gasteiger partial charge in [0.2, 0.25) is 0 Å². The fraction of sp³-hybridized carbons (Fsp3) is 0.462. The van der Waals surface area contributed by atoms with Crippen molar-refractivity contribution in [1.82, 2.24) is 15.5 Å². The zero-order valence-electron chi connectivity index (χ0n) is 10.0. The van der Waals surface area contributed by atoms with Gasteiger partial charge in [0, 0.05) is 6.04 Å². The number of carbonyl (C=O) groups is 1. The van der Waals surface area contributed by atoms with Gasteiger partial charge in [-0.15, -0.1) is 0 Å². The molecule has 17 heavy (non-hydrogen) atoms. The molecule has 1 N–H and O–H groups in total. The van der Waals surface area contributed by atoms with Crippen LogP contribution in [-0.2, 0) is 0 Å². The predicted octanol–water partition coefficient (Wildman–Crippen LogP) is 2.10. The Morgan fingerprint density at radius 1 is 1.41 bits per heavy atom. The van der Waals surface area contributed by atoms with E-state index in [1.54, 1.807) is 6.07 Å². The maximum Gasteiger partial charge on any atom is 0.253 e. The van der Waals surface area contributed by atoms with Crippen LogP contribution in [0.2, 0.25) is 0 Å². The van der Waals surface area contributed by atoms with E-state index in [2.05, 4.69) is 21.6 Å². The minimum atomic E-state index is -0.0844. The van der Waals surface area contributed by atoms with E-state index in [1.807, 2.05) is 6.92 Å². The van der Waals surface area contributed by atoms with Crippen LogP contribution in [0.25, 0.3) is 0 Å². The van der Waals surface area contributed by atoms with Gasteiger partial charge in [-0.2, -0.15) is 10.2 Å². The lowest BCUT2D eigenvalue weighted by Gasteiger charge is -2.20. The van der Waals surface area contributed by atoms with Crippen molar-refractivity contribution < 1.29 is 4.79 Å². The third kappa shape index (κ3) is 3.12. The fourth-order valence-electron chi connectivity index (χ4n) is 2.05. The number of allylic oxidation sites excluding steroid dienone is 1. The van der Waals surface area contributed by atoms with Crippen LogP contribution >= 0.6 is 0 Å². The molecule has 1 amide bonds. The summed E-state index contributed by atoms with van der Waals surface area (Å²) in [5.74, 6) is -0.0844. The molecule has 0 bridgehead atoms. The summed E-state index contributed by atoms with van der Waals surface area (Å²) < 4.78 is 0. The zero-order valence-corrected chi connectivity index (χ0v) is 10.0. The van der Waals surface area contributed by atoms with Gasteiger partial charge in [-0.25, -0.2) is 0 Å². The van der Waals surface area contributed by atoms with Crippen LogP contribution < -0.4 is 5.32 Å². The van der Waals surface area contributed by atoms with Gasteiger partial charge in [-0.1, -0.05) is 11.6 Å². The first-order valence-electron chi connectivity index (χ1n) is 6.04. The van der Waals surface area contributed by atoms with Crippen LogP contribution in [0.4, 0.5) is 0 Å². The van der Waals surface area contributed by atoms with Crippen LogP contribution in [-0.4, -0.2) is 22.1 Å². The van der Waals surface area contributed by atoms with Crippen LogP contribution in [0.3, 0.4) is 0 Å². The molecule has 0 fully saturated rings. The first-order chi connectivity index (χ1) is 8.27. The summed E-state index contributed by atoms with van der Waals surface area (Å²) in [7, 11) is 0. The highest BCUT2D eigenvalue weighted by Gasteiger charge is 2.14. The highest BCUT2D eigenvalue weighted by atomic mass is 16.1. The maximum atomic E-state index is 11.9. The molecule has 0 saturated heterocycles. The van der Waals surface area contributed by atoms with E-state index in [1.165, 1.54) is 30.8 Å². The van der Waals surface area contributed by atoms with Gasteiger partial charge in [0.1, 0.15) is 0 Å². The maximum absolute atomic E-state index is 11.9. The second kappa shape index (κ2) is 5.57. The Labute approximate surface area is 101 Å². The van der Waals surface area contributed by atoms with Crippen LogP contribution in [0, 0.1) is 0 Å². The number of nitrogens with zero attached hydrogens (tertiary/aromatic N) is 2. The average Bonchev–Trinajstić information content (AvgIpc) is 2.40. The molecule has 1 aromatic rings. The van der Waals surface area contributed by atoms with Crippen molar-refractivity contribution in [2.75, 3.05) is 0 Å². The molecule has 0 aliphatic heterocycles. The van der Waals surface area contributed by atoms with E-state index in [0.717, 1.165) is 12.8 Å². The summed E-state index contributed by atoms with van der Waals surface area (Å²) in [4.78, 5) is 11.9. The lowest BCUT2D eigenvalue weighted by atomic mass is 9.94. The molecular formula is C13H17N3O. The number of amides is 1. The number of hydrogen-bond acceptors (Lipinski definition) is 3. The third-order valence-electron chi connectivity index (χ3n) is 3.08. The van der Waals surface area contributed by atoms with Crippen molar-refractivity contribution >= 4 is 5.91 Å². The molecule has 2 rings (SSSR count). The molecule has 1 heterocycles. The van der Waals surface area contributed by atoms with Gasteiger partial charge < -0.3 is 5.32 Å². The molecule has 4 nitrogen and oxygen atoms in total. The summed E-state index contributed by atoms with van der Waals surface area (Å²) in [5, 5.41) is 10.3. The Morgan fingerprint density at radius 3 is 2.94 bits per heavy atom. The van der Waals surface area contributed by atoms with E-state index in [9.17, 15) is 4.79 Å². The van der Waals surface area contributed by atoms with Crippen LogP contribution in [0.5, 0.6) is 0 Å². The van der Waals surface area contributed by atoms with Crippen molar-refractivity contribution in [3.63, 3.8) is 0 Å². The van der Waals surface area contributed by atoms with Crippen molar-refractivity contribution in [2.45, 2.75) is 38.6 Å². The normalized spacial score (nSPS) is 17.1. The van der Waals surface area contributed by atoms with Gasteiger partial charge in [0.15, 0.2) is 0 Å². The summed E-state index contributed by atoms with van der Waals surface area (Å²) in [6.07, 6.45) is 9.97. The number of nitrogens with one attached hydrogen (secondary N) is 1. The minimum absolute atomic E-state index is 0.0844. The van der Waals surface area contributed by atoms with E-state index < -0.39 is 0 Å². The molecule has 1 aliphatic rings. The topological polar surface area (TPSA) is 54.9 Å². The summed E-state index contributed by atoms with van der Waals surface area (Å²) in [5.41, 5.74) is 1.90. The van der Waals surface area contributed by atoms with E-state index in [0.29, 0.717) is 5.56 Å². The van der Waals surface area contributed by atoms with Gasteiger partial charge >= 0.3 is 0 Å². The SMILES string of the molecule is C[C@H](NC(=O)c1ccnnc1)C1=CCCCC1. The summed E-state index contributed by atoms with van der Waals surface area (Å²) >= 11 is 0. The molecule has 90 valence electrons. The Kier molecular flexibility index (Phi) is 3.85. The lowest BCUT2D eigenvalue weighted by molar-refractivity contribution is 0.0944. The largest absolute Gasteiger partial charge is 0.346 e. The highest BCUT2D eigenvalue weighted by molar-refractivity contribution is 5.94. The molecule has 1 atom stereocenters. The standard InChI is InChI=1S/C13H17N3O/c1-10(11-5-3-2-4-6-11)16-13(17)12-7-8-14-15-9-12/h5,7-10H,2-4,6H2,1H3,(H,16,17)/t10-/m0/s1. The quantitative estimate of drug-likeness (QED) is 0.810. The highest BCUT2D eigenvalue weighted by Crippen LogP contribution is 2.20. The Balaban J connectivity index is 1.97. The number of carbonyl (C=O) groups excluding carboxylic acids is 1. The molecular weight excluding hydrogens is 214 g/mol. The van der Waals surface area contributed by atoms with Crippen LogP contribution in [0.15, 0.2) is 30.1 Å². The average molecular weight is 231 g/mol. The molecule has 0 radical (unpaired) electrons.